The first-order valence-electron chi connectivity index (χ1n) is 5.80. The first-order chi connectivity index (χ1) is 6.14. The van der Waals surface area contributed by atoms with E-state index in [1.54, 1.807) is 19.3 Å². The lowest BCUT2D eigenvalue weighted by Gasteiger charge is -2.53. The zero-order valence-corrected chi connectivity index (χ0v) is 10.2. The fourth-order valence-electron chi connectivity index (χ4n) is 3.29. The Kier molecular flexibility index (Phi) is 2.65. The van der Waals surface area contributed by atoms with Gasteiger partial charge in [-0.15, -0.1) is 0 Å². The van der Waals surface area contributed by atoms with Crippen LogP contribution in [0.5, 0.6) is 0 Å². The molecule has 13 heavy (non-hydrogen) atoms. The Bertz CT molecular complexity index is 182. The third-order valence-electron chi connectivity index (χ3n) is 4.70. The van der Waals surface area contributed by atoms with Crippen LogP contribution in [0.15, 0.2) is 0 Å². The average Bonchev–Trinajstić information content (AvgIpc) is 2.02. The van der Waals surface area contributed by atoms with Gasteiger partial charge >= 0.3 is 0 Å². The maximum absolute atomic E-state index is 2.50. The van der Waals surface area contributed by atoms with Crippen molar-refractivity contribution in [1.29, 1.82) is 0 Å². The molecule has 2 rings (SSSR count). The number of hydrogen-bond donors (Lipinski definition) is 1. The molecular weight excluding hydrogens is 176 g/mol. The number of thiol groups is 1. The van der Waals surface area contributed by atoms with Crippen LogP contribution in [0.2, 0.25) is 0 Å². The second kappa shape index (κ2) is 3.49. The first-order valence-corrected chi connectivity index (χ1v) is 8.11. The van der Waals surface area contributed by atoms with Crippen LogP contribution in [0.25, 0.3) is 0 Å². The second-order valence-corrected chi connectivity index (χ2v) is 8.17. The summed E-state index contributed by atoms with van der Waals surface area (Å²) >= 11 is 0. The molecule has 2 fully saturated rings. The summed E-state index contributed by atoms with van der Waals surface area (Å²) in [6, 6.07) is 0. The van der Waals surface area contributed by atoms with Crippen molar-refractivity contribution >= 4 is 10.9 Å². The molecular formula is C12H24S. The Hall–Kier alpha value is 0.350. The van der Waals surface area contributed by atoms with Crippen molar-refractivity contribution in [2.45, 2.75) is 50.7 Å². The highest BCUT2D eigenvalue weighted by molar-refractivity contribution is 8.16. The van der Waals surface area contributed by atoms with Gasteiger partial charge in [-0.05, 0) is 61.2 Å². The van der Waals surface area contributed by atoms with Crippen molar-refractivity contribution in [2.75, 3.05) is 12.5 Å². The van der Waals surface area contributed by atoms with E-state index in [0.29, 0.717) is 10.9 Å². The van der Waals surface area contributed by atoms with Crippen LogP contribution in [0.4, 0.5) is 0 Å². The number of hydrogen-bond acceptors (Lipinski definition) is 0. The van der Waals surface area contributed by atoms with Gasteiger partial charge in [0.05, 0.1) is 0 Å². The van der Waals surface area contributed by atoms with Crippen LogP contribution in [0.1, 0.15) is 45.4 Å². The van der Waals surface area contributed by atoms with Crippen molar-refractivity contribution in [3.05, 3.63) is 0 Å². The molecule has 0 radical (unpaired) electrons. The van der Waals surface area contributed by atoms with Gasteiger partial charge in [0, 0.05) is 0 Å². The van der Waals surface area contributed by atoms with Crippen LogP contribution < -0.4 is 0 Å². The molecule has 1 spiro atoms. The maximum Gasteiger partial charge on any atom is -0.0136 e. The predicted molar refractivity (Wildman–Crippen MR) is 63.9 cm³/mol. The normalized spacial score (nSPS) is 38.5. The summed E-state index contributed by atoms with van der Waals surface area (Å²) in [5.41, 5.74) is 0.829. The Morgan fingerprint density at radius 3 is 2.31 bits per heavy atom. The van der Waals surface area contributed by atoms with E-state index >= 15 is 0 Å². The fourth-order valence-corrected chi connectivity index (χ4v) is 4.68. The van der Waals surface area contributed by atoms with E-state index in [1.807, 2.05) is 0 Å². The van der Waals surface area contributed by atoms with E-state index in [2.05, 4.69) is 19.4 Å². The maximum atomic E-state index is 2.50. The van der Waals surface area contributed by atoms with Crippen molar-refractivity contribution in [3.63, 3.8) is 0 Å². The molecule has 0 aromatic rings. The van der Waals surface area contributed by atoms with E-state index in [4.69, 9.17) is 0 Å². The molecule has 2 saturated carbocycles. The van der Waals surface area contributed by atoms with Gasteiger partial charge in [0.2, 0.25) is 0 Å². The molecule has 0 aliphatic heterocycles. The zero-order valence-electron chi connectivity index (χ0n) is 9.34. The van der Waals surface area contributed by atoms with Crippen molar-refractivity contribution in [2.24, 2.45) is 11.3 Å². The molecule has 2 aliphatic carbocycles. The van der Waals surface area contributed by atoms with Crippen LogP contribution >= 0.6 is 10.9 Å². The van der Waals surface area contributed by atoms with E-state index in [-0.39, 0.29) is 0 Å². The predicted octanol–water partition coefficient (Wildman–Crippen LogP) is 3.61. The Labute approximate surface area is 85.8 Å². The Balaban J connectivity index is 2.01. The molecule has 1 unspecified atom stereocenters. The molecule has 2 atom stereocenters. The summed E-state index contributed by atoms with van der Waals surface area (Å²) in [5, 5.41) is 1.10. The molecule has 2 aliphatic rings. The highest BCUT2D eigenvalue weighted by Crippen LogP contribution is 2.57. The largest absolute Gasteiger partial charge is 0.256 e. The van der Waals surface area contributed by atoms with Crippen molar-refractivity contribution in [3.8, 4) is 0 Å². The molecule has 0 N–H and O–H groups in total. The Morgan fingerprint density at radius 1 is 1.15 bits per heavy atom. The van der Waals surface area contributed by atoms with Gasteiger partial charge in [-0.1, -0.05) is 13.3 Å². The minimum absolute atomic E-state index is 0.332. The molecule has 0 heterocycles. The SMILES string of the molecule is C[C@H]1CCC([SH](C)C)CC12CCC2. The number of rotatable bonds is 1. The van der Waals surface area contributed by atoms with Crippen molar-refractivity contribution < 1.29 is 0 Å². The monoisotopic (exact) mass is 200 g/mol. The van der Waals surface area contributed by atoms with Crippen LogP contribution in [0.3, 0.4) is 0 Å². The topological polar surface area (TPSA) is 0 Å². The standard InChI is InChI=1S/C12H24S/c1-10-5-6-11(13(2)3)9-12(10)7-4-8-12/h10-11,13H,4-9H2,1-3H3/t10-,11?/m0/s1. The quantitative estimate of drug-likeness (QED) is 0.614. The van der Waals surface area contributed by atoms with E-state index in [9.17, 15) is 0 Å². The molecule has 0 amide bonds. The van der Waals surface area contributed by atoms with E-state index < -0.39 is 0 Å². The fraction of sp³-hybridized carbons (Fsp3) is 1.00. The minimum atomic E-state index is 0.332. The van der Waals surface area contributed by atoms with Gasteiger partial charge in [-0.2, -0.15) is 0 Å². The third-order valence-corrected chi connectivity index (χ3v) is 6.60. The van der Waals surface area contributed by atoms with Gasteiger partial charge < -0.3 is 0 Å². The van der Waals surface area contributed by atoms with Gasteiger partial charge in [-0.25, -0.2) is 0 Å². The van der Waals surface area contributed by atoms with E-state index in [1.165, 1.54) is 19.3 Å². The van der Waals surface area contributed by atoms with Crippen LogP contribution in [-0.4, -0.2) is 17.8 Å². The summed E-state index contributed by atoms with van der Waals surface area (Å²) in [6.45, 7) is 2.50. The zero-order chi connectivity index (χ0) is 9.47. The summed E-state index contributed by atoms with van der Waals surface area (Å²) < 4.78 is 0. The van der Waals surface area contributed by atoms with Gasteiger partial charge in [-0.3, -0.25) is 10.9 Å². The molecule has 1 heteroatoms. The van der Waals surface area contributed by atoms with E-state index in [0.717, 1.165) is 16.6 Å². The molecule has 78 valence electrons. The summed E-state index contributed by atoms with van der Waals surface area (Å²) in [5.74, 6) is 1.03. The molecule has 0 bridgehead atoms. The molecule has 0 nitrogen and oxygen atoms in total. The lowest BCUT2D eigenvalue weighted by molar-refractivity contribution is 0.0199. The molecule has 0 aromatic carbocycles. The highest BCUT2D eigenvalue weighted by Gasteiger charge is 2.45. The summed E-state index contributed by atoms with van der Waals surface area (Å²) in [6.07, 6.45) is 14.2. The molecule has 0 saturated heterocycles. The van der Waals surface area contributed by atoms with Crippen molar-refractivity contribution in [1.82, 2.24) is 0 Å². The smallest absolute Gasteiger partial charge is 0.0136 e. The van der Waals surface area contributed by atoms with Gasteiger partial charge in [0.25, 0.3) is 0 Å². The summed E-state index contributed by atoms with van der Waals surface area (Å²) in [7, 11) is 0.332. The average molecular weight is 200 g/mol. The van der Waals surface area contributed by atoms with Crippen LogP contribution in [0, 0.1) is 11.3 Å². The third kappa shape index (κ3) is 1.65. The summed E-state index contributed by atoms with van der Waals surface area (Å²) in [4.78, 5) is 0. The van der Waals surface area contributed by atoms with Crippen LogP contribution in [-0.2, 0) is 0 Å². The van der Waals surface area contributed by atoms with Gasteiger partial charge in [0.15, 0.2) is 0 Å². The van der Waals surface area contributed by atoms with Gasteiger partial charge in [0.1, 0.15) is 0 Å². The molecule has 0 aromatic heterocycles. The highest BCUT2D eigenvalue weighted by atomic mass is 32.2. The lowest BCUT2D eigenvalue weighted by atomic mass is 9.56. The first kappa shape index (κ1) is 9.89. The minimum Gasteiger partial charge on any atom is -0.256 e. The Morgan fingerprint density at radius 2 is 1.85 bits per heavy atom. The lowest BCUT2D eigenvalue weighted by Crippen LogP contribution is -2.42. The second-order valence-electron chi connectivity index (χ2n) is 5.52.